The first-order chi connectivity index (χ1) is 24.0. The molecule has 1 amide bonds. The van der Waals surface area contributed by atoms with Crippen LogP contribution in [-0.4, -0.2) is 63.8 Å². The maximum absolute atomic E-state index is 13.1. The number of ether oxygens (including phenoxy) is 3. The minimum Gasteiger partial charge on any atom is -0.481 e. The van der Waals surface area contributed by atoms with Gasteiger partial charge >= 0.3 is 11.9 Å². The van der Waals surface area contributed by atoms with Crippen LogP contribution < -0.4 is 5.32 Å². The minimum absolute atomic E-state index is 0.0316. The fourth-order valence-electron chi connectivity index (χ4n) is 6.55. The first kappa shape index (κ1) is 37.2. The molecule has 2 heterocycles. The molecule has 0 unspecified atom stereocenters. The van der Waals surface area contributed by atoms with Gasteiger partial charge in [-0.05, 0) is 92.9 Å². The maximum atomic E-state index is 13.1. The predicted molar refractivity (Wildman–Crippen MR) is 189 cm³/mol. The quantitative estimate of drug-likeness (QED) is 0.129. The highest BCUT2D eigenvalue weighted by atomic mass is 16.7. The monoisotopic (exact) mass is 686 g/mol. The zero-order valence-corrected chi connectivity index (χ0v) is 29.3. The highest BCUT2D eigenvalue weighted by Crippen LogP contribution is 2.39. The Kier molecular flexibility index (Phi) is 12.8. The molecule has 3 aromatic rings. The van der Waals surface area contributed by atoms with Crippen LogP contribution in [0.5, 0.6) is 0 Å². The Hall–Kier alpha value is -4.09. The lowest BCUT2D eigenvalue weighted by Gasteiger charge is -2.38. The molecule has 2 aliphatic heterocycles. The molecule has 0 radical (unpaired) electrons. The third kappa shape index (κ3) is 10.7. The molecule has 50 heavy (non-hydrogen) atoms. The second kappa shape index (κ2) is 17.2. The Morgan fingerprint density at radius 3 is 2.34 bits per heavy atom. The van der Waals surface area contributed by atoms with Crippen molar-refractivity contribution in [3.8, 4) is 11.1 Å². The van der Waals surface area contributed by atoms with E-state index in [0.29, 0.717) is 38.8 Å². The topological polar surface area (TPSA) is 135 Å². The van der Waals surface area contributed by atoms with Crippen molar-refractivity contribution >= 4 is 17.8 Å². The zero-order chi connectivity index (χ0) is 35.7. The van der Waals surface area contributed by atoms with E-state index in [1.165, 1.54) is 0 Å². The molecule has 3 aromatic carbocycles. The molecule has 4 atom stereocenters. The van der Waals surface area contributed by atoms with Crippen LogP contribution in [0.15, 0.2) is 72.8 Å². The van der Waals surface area contributed by atoms with E-state index in [2.05, 4.69) is 16.3 Å². The highest BCUT2D eigenvalue weighted by Gasteiger charge is 2.39. The molecule has 0 aromatic heterocycles. The van der Waals surface area contributed by atoms with Crippen molar-refractivity contribution in [2.45, 2.75) is 109 Å². The van der Waals surface area contributed by atoms with Crippen LogP contribution >= 0.6 is 0 Å². The van der Waals surface area contributed by atoms with Crippen molar-refractivity contribution in [1.82, 2.24) is 10.2 Å². The van der Waals surface area contributed by atoms with Gasteiger partial charge in [-0.25, -0.2) is 0 Å². The minimum atomic E-state index is -0.850. The van der Waals surface area contributed by atoms with Gasteiger partial charge in [0.1, 0.15) is 11.6 Å². The second-order valence-electron chi connectivity index (χ2n) is 14.2. The third-order valence-electron chi connectivity index (χ3n) is 9.05. The van der Waals surface area contributed by atoms with E-state index < -0.39 is 17.9 Å². The number of carboxylic acid groups (broad SMARTS) is 1. The van der Waals surface area contributed by atoms with Gasteiger partial charge in [-0.2, -0.15) is 0 Å². The molecule has 2 fully saturated rings. The van der Waals surface area contributed by atoms with Gasteiger partial charge in [-0.15, -0.1) is 0 Å². The van der Waals surface area contributed by atoms with Gasteiger partial charge in [-0.1, -0.05) is 60.7 Å². The Labute approximate surface area is 294 Å². The molecule has 0 spiro atoms. The first-order valence-corrected chi connectivity index (χ1v) is 17.6. The fraction of sp³-hybridized carbons (Fsp3) is 0.475. The molecule has 0 aliphatic carbocycles. The average molecular weight is 687 g/mol. The number of carboxylic acids is 1. The van der Waals surface area contributed by atoms with Gasteiger partial charge in [0.2, 0.25) is 5.91 Å². The lowest BCUT2D eigenvalue weighted by molar-refractivity contribution is -0.253. The summed E-state index contributed by atoms with van der Waals surface area (Å²) in [6.45, 7) is 7.38. The van der Waals surface area contributed by atoms with E-state index >= 15 is 0 Å². The van der Waals surface area contributed by atoms with Gasteiger partial charge in [0.15, 0.2) is 6.29 Å². The summed E-state index contributed by atoms with van der Waals surface area (Å²) in [6.07, 6.45) is 2.54. The van der Waals surface area contributed by atoms with Gasteiger partial charge in [0.05, 0.1) is 18.8 Å². The molecule has 10 nitrogen and oxygen atoms in total. The summed E-state index contributed by atoms with van der Waals surface area (Å²) in [5.41, 5.74) is 5.06. The zero-order valence-electron chi connectivity index (χ0n) is 29.3. The number of amides is 1. The van der Waals surface area contributed by atoms with Crippen LogP contribution in [0.4, 0.5) is 0 Å². The summed E-state index contributed by atoms with van der Waals surface area (Å²) in [4.78, 5) is 38.3. The maximum Gasteiger partial charge on any atom is 0.323 e. The summed E-state index contributed by atoms with van der Waals surface area (Å²) < 4.78 is 19.0. The van der Waals surface area contributed by atoms with Gasteiger partial charge < -0.3 is 29.7 Å². The standard InChI is InChI=1S/C40H50N2O8/c1-40(2,3)50-38(47)34-13-8-20-42(34)25-33-23-35(29-18-16-27(26-43)17-19-29)49-39(48-33)32-12-7-11-31(22-32)30-10-6-9-28(21-30)24-41-36(44)14-4-5-15-37(45)46/h6-7,9-12,16-19,21-22,33-35,39,43H,4-5,8,13-15,20,23-26H2,1-3H3,(H,41,44)(H,45,46)/t33-,34-,35+,39+/m0/s1. The summed E-state index contributed by atoms with van der Waals surface area (Å²) >= 11 is 0. The molecule has 268 valence electrons. The van der Waals surface area contributed by atoms with E-state index in [9.17, 15) is 19.5 Å². The predicted octanol–water partition coefficient (Wildman–Crippen LogP) is 6.46. The van der Waals surface area contributed by atoms with Crippen molar-refractivity contribution in [3.63, 3.8) is 0 Å². The number of hydrogen-bond acceptors (Lipinski definition) is 8. The van der Waals surface area contributed by atoms with Crippen LogP contribution in [0.1, 0.15) is 100 Å². The number of benzene rings is 3. The molecule has 10 heteroatoms. The number of aliphatic hydroxyl groups excluding tert-OH is 1. The van der Waals surface area contributed by atoms with E-state index in [1.807, 2.05) is 87.5 Å². The number of aliphatic carboxylic acids is 1. The summed E-state index contributed by atoms with van der Waals surface area (Å²) in [6, 6.07) is 23.6. The highest BCUT2D eigenvalue weighted by molar-refractivity contribution is 5.77. The van der Waals surface area contributed by atoms with Crippen LogP contribution in [-0.2, 0) is 41.7 Å². The number of aliphatic hydroxyl groups is 1. The molecule has 0 saturated carbocycles. The molecule has 2 saturated heterocycles. The van der Waals surface area contributed by atoms with Crippen LogP contribution in [0.2, 0.25) is 0 Å². The van der Waals surface area contributed by atoms with Crippen molar-refractivity contribution in [2.75, 3.05) is 13.1 Å². The number of rotatable bonds is 14. The van der Waals surface area contributed by atoms with Crippen LogP contribution in [0, 0.1) is 0 Å². The van der Waals surface area contributed by atoms with E-state index in [1.54, 1.807) is 0 Å². The SMILES string of the molecule is CC(C)(C)OC(=O)[C@@H]1CCCN1C[C@@H]1C[C@H](c2ccc(CO)cc2)O[C@H](c2cccc(-c3cccc(CNC(=O)CCCCC(=O)O)c3)c2)O1. The summed E-state index contributed by atoms with van der Waals surface area (Å²) in [7, 11) is 0. The summed E-state index contributed by atoms with van der Waals surface area (Å²) in [5, 5.41) is 21.3. The van der Waals surface area contributed by atoms with Gasteiger partial charge in [-0.3, -0.25) is 19.3 Å². The lowest BCUT2D eigenvalue weighted by Crippen LogP contribution is -2.45. The second-order valence-corrected chi connectivity index (χ2v) is 14.2. The Bertz CT molecular complexity index is 1600. The lowest BCUT2D eigenvalue weighted by atomic mass is 9.98. The van der Waals surface area contributed by atoms with Crippen LogP contribution in [0.25, 0.3) is 11.1 Å². The van der Waals surface area contributed by atoms with Crippen molar-refractivity contribution < 1.29 is 38.8 Å². The van der Waals surface area contributed by atoms with Crippen molar-refractivity contribution in [1.29, 1.82) is 0 Å². The Balaban J connectivity index is 1.31. The molecular weight excluding hydrogens is 636 g/mol. The largest absolute Gasteiger partial charge is 0.481 e. The normalized spacial score (nSPS) is 21.1. The number of carbonyl (C=O) groups excluding carboxylic acids is 2. The number of nitrogens with zero attached hydrogens (tertiary/aromatic N) is 1. The van der Waals surface area contributed by atoms with Crippen molar-refractivity contribution in [3.05, 3.63) is 95.1 Å². The first-order valence-electron chi connectivity index (χ1n) is 17.6. The Morgan fingerprint density at radius 1 is 0.900 bits per heavy atom. The van der Waals surface area contributed by atoms with E-state index in [0.717, 1.165) is 52.8 Å². The number of unbranched alkanes of at least 4 members (excludes halogenated alkanes) is 1. The molecule has 2 aliphatic rings. The van der Waals surface area contributed by atoms with Crippen LogP contribution in [0.3, 0.4) is 0 Å². The average Bonchev–Trinajstić information content (AvgIpc) is 3.57. The Morgan fingerprint density at radius 2 is 1.62 bits per heavy atom. The van der Waals surface area contributed by atoms with E-state index in [4.69, 9.17) is 19.3 Å². The smallest absolute Gasteiger partial charge is 0.323 e. The molecule has 0 bridgehead atoms. The van der Waals surface area contributed by atoms with E-state index in [-0.39, 0.29) is 43.2 Å². The number of nitrogens with one attached hydrogen (secondary N) is 1. The van der Waals surface area contributed by atoms with Gasteiger partial charge in [0.25, 0.3) is 0 Å². The fourth-order valence-corrected chi connectivity index (χ4v) is 6.55. The third-order valence-corrected chi connectivity index (χ3v) is 9.05. The number of hydrogen-bond donors (Lipinski definition) is 3. The molecular formula is C40H50N2O8. The number of likely N-dealkylation sites (tertiary alicyclic amines) is 1. The number of carbonyl (C=O) groups is 3. The number of esters is 1. The summed E-state index contributed by atoms with van der Waals surface area (Å²) in [5.74, 6) is -1.15. The molecule has 3 N–H and O–H groups in total. The van der Waals surface area contributed by atoms with Crippen molar-refractivity contribution in [2.24, 2.45) is 0 Å². The van der Waals surface area contributed by atoms with Gasteiger partial charge in [0, 0.05) is 37.9 Å². The molecule has 5 rings (SSSR count).